The molecule has 0 bridgehead atoms. The molecule has 1 aromatic rings. The van der Waals surface area contributed by atoms with E-state index in [0.717, 1.165) is 44.8 Å². The Balaban J connectivity index is 1.55. The number of nitrogens with zero attached hydrogens (tertiary/aromatic N) is 1. The van der Waals surface area contributed by atoms with Crippen LogP contribution < -0.4 is 10.8 Å². The van der Waals surface area contributed by atoms with Gasteiger partial charge in [-0.1, -0.05) is 19.9 Å². The van der Waals surface area contributed by atoms with Crippen LogP contribution in [0.1, 0.15) is 41.8 Å². The Labute approximate surface area is 178 Å². The molecule has 0 spiro atoms. The number of fused-ring (bicyclic) bond motifs is 1. The highest BCUT2D eigenvalue weighted by atomic mass is 16.5. The van der Waals surface area contributed by atoms with Gasteiger partial charge in [0.25, 0.3) is 5.91 Å². The maximum Gasteiger partial charge on any atom is 0.492 e. The number of ether oxygens (including phenoxy) is 2. The van der Waals surface area contributed by atoms with Gasteiger partial charge in [0, 0.05) is 25.2 Å². The SMILES string of the molecule is Cc1c(C(=O)N[C@H](C(=O)OCCCN2CCOCC2)C(C)C)ccc2c1B(O)OC2. The summed E-state index contributed by atoms with van der Waals surface area (Å²) in [5, 5.41) is 12.8. The largest absolute Gasteiger partial charge is 0.492 e. The molecule has 0 radical (unpaired) electrons. The average molecular weight is 418 g/mol. The van der Waals surface area contributed by atoms with Crippen LogP contribution in [0.25, 0.3) is 0 Å². The summed E-state index contributed by atoms with van der Waals surface area (Å²) in [4.78, 5) is 27.7. The lowest BCUT2D eigenvalue weighted by Gasteiger charge is -2.26. The molecule has 1 saturated heterocycles. The molecule has 2 heterocycles. The molecule has 1 atom stereocenters. The van der Waals surface area contributed by atoms with Crippen molar-refractivity contribution in [3.63, 3.8) is 0 Å². The number of hydrogen-bond acceptors (Lipinski definition) is 7. The van der Waals surface area contributed by atoms with Gasteiger partial charge in [0.15, 0.2) is 0 Å². The maximum absolute atomic E-state index is 12.9. The Morgan fingerprint density at radius 3 is 2.73 bits per heavy atom. The number of amides is 1. The van der Waals surface area contributed by atoms with E-state index in [2.05, 4.69) is 10.2 Å². The molecule has 1 amide bonds. The Morgan fingerprint density at radius 1 is 1.30 bits per heavy atom. The van der Waals surface area contributed by atoms with Crippen molar-refractivity contribution in [3.8, 4) is 0 Å². The number of benzene rings is 1. The van der Waals surface area contributed by atoms with Gasteiger partial charge < -0.3 is 24.5 Å². The van der Waals surface area contributed by atoms with E-state index >= 15 is 0 Å². The molecule has 2 N–H and O–H groups in total. The first-order chi connectivity index (χ1) is 14.4. The molecule has 1 fully saturated rings. The lowest BCUT2D eigenvalue weighted by atomic mass is 9.75. The Hall–Kier alpha value is -1.94. The smallest absolute Gasteiger partial charge is 0.464 e. The third-order valence-corrected chi connectivity index (χ3v) is 5.67. The van der Waals surface area contributed by atoms with Crippen LogP contribution in [-0.2, 0) is 25.5 Å². The highest BCUT2D eigenvalue weighted by Crippen LogP contribution is 2.17. The predicted octanol–water partition coefficient (Wildman–Crippen LogP) is 0.233. The fraction of sp³-hybridized carbons (Fsp3) is 0.619. The predicted molar refractivity (Wildman–Crippen MR) is 113 cm³/mol. The molecule has 3 rings (SSSR count). The molecule has 164 valence electrons. The lowest BCUT2D eigenvalue weighted by Crippen LogP contribution is -2.46. The maximum atomic E-state index is 12.9. The van der Waals surface area contributed by atoms with Crippen LogP contribution in [0, 0.1) is 12.8 Å². The second-order valence-corrected chi connectivity index (χ2v) is 8.14. The van der Waals surface area contributed by atoms with Gasteiger partial charge >= 0.3 is 13.1 Å². The summed E-state index contributed by atoms with van der Waals surface area (Å²) in [5.41, 5.74) is 2.59. The minimum absolute atomic E-state index is 0.121. The van der Waals surface area contributed by atoms with E-state index in [-0.39, 0.29) is 11.8 Å². The van der Waals surface area contributed by atoms with Crippen LogP contribution in [0.3, 0.4) is 0 Å². The van der Waals surface area contributed by atoms with Gasteiger partial charge in [0.2, 0.25) is 0 Å². The molecule has 30 heavy (non-hydrogen) atoms. The topological polar surface area (TPSA) is 97.3 Å². The average Bonchev–Trinajstić information content (AvgIpc) is 3.11. The molecular formula is C21H31BN2O6. The summed E-state index contributed by atoms with van der Waals surface area (Å²) in [5.74, 6) is -0.912. The van der Waals surface area contributed by atoms with Crippen molar-refractivity contribution in [2.45, 2.75) is 39.8 Å². The number of hydrogen-bond donors (Lipinski definition) is 2. The number of morpholine rings is 1. The molecule has 2 aliphatic heterocycles. The zero-order valence-electron chi connectivity index (χ0n) is 18.0. The second-order valence-electron chi connectivity index (χ2n) is 8.14. The molecule has 0 aliphatic carbocycles. The normalized spacial score (nSPS) is 17.7. The van der Waals surface area contributed by atoms with Gasteiger partial charge in [-0.25, -0.2) is 4.79 Å². The van der Waals surface area contributed by atoms with Crippen molar-refractivity contribution in [2.75, 3.05) is 39.5 Å². The summed E-state index contributed by atoms with van der Waals surface area (Å²) < 4.78 is 16.0. The van der Waals surface area contributed by atoms with E-state index in [1.807, 2.05) is 13.8 Å². The molecule has 0 unspecified atom stereocenters. The highest BCUT2D eigenvalue weighted by molar-refractivity contribution is 6.62. The van der Waals surface area contributed by atoms with Crippen LogP contribution in [0.5, 0.6) is 0 Å². The van der Waals surface area contributed by atoms with Crippen molar-refractivity contribution < 1.29 is 28.7 Å². The molecule has 0 saturated carbocycles. The van der Waals surface area contributed by atoms with Crippen molar-refractivity contribution in [2.24, 2.45) is 5.92 Å². The summed E-state index contributed by atoms with van der Waals surface area (Å²) in [7, 11) is -1.02. The Morgan fingerprint density at radius 2 is 2.03 bits per heavy atom. The van der Waals surface area contributed by atoms with Crippen LogP contribution in [-0.4, -0.2) is 74.4 Å². The third kappa shape index (κ3) is 5.40. The standard InChI is InChI=1S/C21H31BN2O6/c1-14(2)19(21(26)29-10-4-7-24-8-11-28-12-9-24)23-20(25)17-6-5-16-13-30-22(27)18(16)15(17)3/h5-6,14,19,27H,4,7-13H2,1-3H3,(H,23,25)/t19-/m0/s1. The second kappa shape index (κ2) is 10.4. The zero-order chi connectivity index (χ0) is 21.7. The zero-order valence-corrected chi connectivity index (χ0v) is 18.0. The van der Waals surface area contributed by atoms with Gasteiger partial charge in [-0.2, -0.15) is 0 Å². The van der Waals surface area contributed by atoms with Gasteiger partial charge in [-0.05, 0) is 41.9 Å². The number of rotatable bonds is 8. The van der Waals surface area contributed by atoms with Gasteiger partial charge in [-0.3, -0.25) is 9.69 Å². The van der Waals surface area contributed by atoms with E-state index in [4.69, 9.17) is 14.1 Å². The van der Waals surface area contributed by atoms with Gasteiger partial charge in [0.1, 0.15) is 6.04 Å². The molecular weight excluding hydrogens is 387 g/mol. The van der Waals surface area contributed by atoms with Crippen LogP contribution in [0.4, 0.5) is 0 Å². The van der Waals surface area contributed by atoms with Crippen LogP contribution in [0.2, 0.25) is 0 Å². The first kappa shape index (κ1) is 22.7. The van der Waals surface area contributed by atoms with Crippen molar-refractivity contribution >= 4 is 24.5 Å². The van der Waals surface area contributed by atoms with Crippen LogP contribution >= 0.6 is 0 Å². The molecule has 2 aliphatic rings. The molecule has 8 nitrogen and oxygen atoms in total. The molecule has 9 heteroatoms. The molecule has 0 aromatic heterocycles. The summed E-state index contributed by atoms with van der Waals surface area (Å²) in [6, 6.07) is 2.74. The minimum Gasteiger partial charge on any atom is -0.464 e. The fourth-order valence-electron chi connectivity index (χ4n) is 3.84. The Kier molecular flexibility index (Phi) is 7.88. The number of esters is 1. The third-order valence-electron chi connectivity index (χ3n) is 5.67. The molecule has 1 aromatic carbocycles. The minimum atomic E-state index is -1.02. The van der Waals surface area contributed by atoms with Crippen molar-refractivity contribution in [1.29, 1.82) is 0 Å². The first-order valence-corrected chi connectivity index (χ1v) is 10.6. The summed E-state index contributed by atoms with van der Waals surface area (Å²) in [6.45, 7) is 10.3. The highest BCUT2D eigenvalue weighted by Gasteiger charge is 2.32. The van der Waals surface area contributed by atoms with E-state index < -0.39 is 19.1 Å². The van der Waals surface area contributed by atoms with Crippen LogP contribution in [0.15, 0.2) is 12.1 Å². The van der Waals surface area contributed by atoms with E-state index in [0.29, 0.717) is 29.8 Å². The van der Waals surface area contributed by atoms with Gasteiger partial charge in [0.05, 0.1) is 26.4 Å². The quantitative estimate of drug-likeness (QED) is 0.355. The number of nitrogens with one attached hydrogen (secondary N) is 1. The number of carbonyl (C=O) groups is 2. The summed E-state index contributed by atoms with van der Waals surface area (Å²) in [6.07, 6.45) is 0.742. The fourth-order valence-corrected chi connectivity index (χ4v) is 3.84. The van der Waals surface area contributed by atoms with E-state index in [1.165, 1.54) is 0 Å². The van der Waals surface area contributed by atoms with Crippen molar-refractivity contribution in [3.05, 3.63) is 28.8 Å². The summed E-state index contributed by atoms with van der Waals surface area (Å²) >= 11 is 0. The number of carbonyl (C=O) groups excluding carboxylic acids is 2. The monoisotopic (exact) mass is 418 g/mol. The van der Waals surface area contributed by atoms with E-state index in [1.54, 1.807) is 19.1 Å². The first-order valence-electron chi connectivity index (χ1n) is 10.6. The lowest BCUT2D eigenvalue weighted by molar-refractivity contribution is -0.147. The van der Waals surface area contributed by atoms with Crippen molar-refractivity contribution in [1.82, 2.24) is 10.2 Å². The van der Waals surface area contributed by atoms with E-state index in [9.17, 15) is 14.6 Å². The Bertz CT molecular complexity index is 766. The van der Waals surface area contributed by atoms with Gasteiger partial charge in [-0.15, -0.1) is 0 Å².